The summed E-state index contributed by atoms with van der Waals surface area (Å²) in [7, 11) is 0. The smallest absolute Gasteiger partial charge is 0.322 e. The van der Waals surface area contributed by atoms with Gasteiger partial charge in [0.25, 0.3) is 0 Å². The number of carbonyl (C=O) groups is 2. The second kappa shape index (κ2) is 6.84. The van der Waals surface area contributed by atoms with Crippen molar-refractivity contribution < 1.29 is 18.4 Å². The number of nitrogens with one attached hydrogen (secondary N) is 2. The molecule has 2 heterocycles. The van der Waals surface area contributed by atoms with Crippen molar-refractivity contribution in [3.63, 3.8) is 0 Å². The van der Waals surface area contributed by atoms with Gasteiger partial charge in [0.15, 0.2) is 0 Å². The van der Waals surface area contributed by atoms with Crippen LogP contribution in [0.25, 0.3) is 0 Å². The molecule has 2 aromatic rings. The summed E-state index contributed by atoms with van der Waals surface area (Å²) in [5.74, 6) is -1.40. The number of pyridine rings is 1. The van der Waals surface area contributed by atoms with E-state index >= 15 is 0 Å². The largest absolute Gasteiger partial charge is 0.346 e. The molecule has 1 aromatic heterocycles. The number of hydrogen-bond donors (Lipinski definition) is 2. The number of anilines is 1. The van der Waals surface area contributed by atoms with Crippen LogP contribution >= 0.6 is 0 Å². The number of amides is 3. The van der Waals surface area contributed by atoms with Gasteiger partial charge >= 0.3 is 6.03 Å². The number of nitrogens with zero attached hydrogens (tertiary/aromatic N) is 2. The number of benzene rings is 1. The molecular formula is C17H16F2N4O2. The summed E-state index contributed by atoms with van der Waals surface area (Å²) in [5.41, 5.74) is 1.22. The molecule has 1 atom stereocenters. The molecule has 6 nitrogen and oxygen atoms in total. The fourth-order valence-corrected chi connectivity index (χ4v) is 2.66. The van der Waals surface area contributed by atoms with Crippen molar-refractivity contribution in [3.05, 3.63) is 59.4 Å². The van der Waals surface area contributed by atoms with Crippen LogP contribution in [0.2, 0.25) is 0 Å². The average Bonchev–Trinajstić information content (AvgIpc) is 2.56. The van der Waals surface area contributed by atoms with Gasteiger partial charge < -0.3 is 15.5 Å². The number of hydrogen-bond acceptors (Lipinski definition) is 3. The van der Waals surface area contributed by atoms with Gasteiger partial charge in [-0.2, -0.15) is 0 Å². The Hall–Kier alpha value is -3.03. The zero-order valence-electron chi connectivity index (χ0n) is 13.4. The normalized spacial score (nSPS) is 14.5. The van der Waals surface area contributed by atoms with Gasteiger partial charge in [0.1, 0.15) is 18.2 Å². The second-order valence-corrected chi connectivity index (χ2v) is 5.75. The third kappa shape index (κ3) is 3.73. The molecular weight excluding hydrogens is 330 g/mol. The van der Waals surface area contributed by atoms with Crippen LogP contribution in [0.1, 0.15) is 24.2 Å². The molecule has 3 rings (SSSR count). The Morgan fingerprint density at radius 3 is 2.96 bits per heavy atom. The summed E-state index contributed by atoms with van der Waals surface area (Å²) in [6, 6.07) is 5.66. The summed E-state index contributed by atoms with van der Waals surface area (Å²) in [5, 5.41) is 5.21. The van der Waals surface area contributed by atoms with Crippen LogP contribution in [0.3, 0.4) is 0 Å². The van der Waals surface area contributed by atoms with Crippen LogP contribution in [0.4, 0.5) is 19.3 Å². The van der Waals surface area contributed by atoms with E-state index < -0.39 is 29.6 Å². The Bertz CT molecular complexity index is 828. The predicted molar refractivity (Wildman–Crippen MR) is 86.6 cm³/mol. The number of rotatable bonds is 4. The fraction of sp³-hybridized carbons (Fsp3) is 0.235. The van der Waals surface area contributed by atoms with Gasteiger partial charge in [0.2, 0.25) is 5.91 Å². The Morgan fingerprint density at radius 2 is 2.20 bits per heavy atom. The SMILES string of the molecule is C[C@@H](NC(=O)CN1Cc2cc(F)ccc2NC1=O)c1ncccc1F. The van der Waals surface area contributed by atoms with Crippen molar-refractivity contribution in [3.8, 4) is 0 Å². The van der Waals surface area contributed by atoms with E-state index in [1.165, 1.54) is 41.4 Å². The van der Waals surface area contributed by atoms with Crippen LogP contribution in [0, 0.1) is 11.6 Å². The van der Waals surface area contributed by atoms with Gasteiger partial charge in [-0.1, -0.05) is 0 Å². The Kier molecular flexibility index (Phi) is 4.60. The quantitative estimate of drug-likeness (QED) is 0.894. The van der Waals surface area contributed by atoms with E-state index in [4.69, 9.17) is 0 Å². The van der Waals surface area contributed by atoms with Crippen LogP contribution in [-0.4, -0.2) is 28.4 Å². The Labute approximate surface area is 142 Å². The Balaban J connectivity index is 1.65. The molecule has 0 aliphatic carbocycles. The molecule has 0 saturated carbocycles. The summed E-state index contributed by atoms with van der Waals surface area (Å²) in [4.78, 5) is 29.4. The monoisotopic (exact) mass is 346 g/mol. The highest BCUT2D eigenvalue weighted by Crippen LogP contribution is 2.24. The van der Waals surface area contributed by atoms with E-state index in [0.717, 1.165) is 0 Å². The number of aromatic nitrogens is 1. The van der Waals surface area contributed by atoms with Gasteiger partial charge in [0.05, 0.1) is 18.3 Å². The first-order valence-corrected chi connectivity index (χ1v) is 7.68. The van der Waals surface area contributed by atoms with Gasteiger partial charge in [-0.3, -0.25) is 9.78 Å². The second-order valence-electron chi connectivity index (χ2n) is 5.75. The van der Waals surface area contributed by atoms with Gasteiger partial charge in [-0.05, 0) is 42.8 Å². The maximum atomic E-state index is 13.7. The molecule has 0 spiro atoms. The lowest BCUT2D eigenvalue weighted by molar-refractivity contribution is -0.122. The maximum absolute atomic E-state index is 13.7. The summed E-state index contributed by atoms with van der Waals surface area (Å²) in [6.07, 6.45) is 1.44. The van der Waals surface area contributed by atoms with Crippen LogP contribution in [0.15, 0.2) is 36.5 Å². The lowest BCUT2D eigenvalue weighted by Crippen LogP contribution is -2.45. The minimum absolute atomic E-state index is 0.110. The van der Waals surface area contributed by atoms with Crippen LogP contribution in [0.5, 0.6) is 0 Å². The predicted octanol–water partition coefficient (Wildman–Crippen LogP) is 2.58. The molecule has 1 aliphatic heterocycles. The number of fused-ring (bicyclic) bond motifs is 1. The van der Waals surface area contributed by atoms with Crippen LogP contribution < -0.4 is 10.6 Å². The highest BCUT2D eigenvalue weighted by molar-refractivity contribution is 5.94. The topological polar surface area (TPSA) is 74.3 Å². The number of carbonyl (C=O) groups excluding carboxylic acids is 2. The summed E-state index contributed by atoms with van der Waals surface area (Å²) < 4.78 is 27.0. The van der Waals surface area contributed by atoms with E-state index in [9.17, 15) is 18.4 Å². The third-order valence-corrected chi connectivity index (χ3v) is 3.87. The molecule has 1 aliphatic rings. The van der Waals surface area contributed by atoms with E-state index in [1.807, 2.05) is 0 Å². The van der Waals surface area contributed by atoms with Crippen molar-refractivity contribution >= 4 is 17.6 Å². The first kappa shape index (κ1) is 16.8. The lowest BCUT2D eigenvalue weighted by atomic mass is 10.1. The molecule has 8 heteroatoms. The number of halogens is 2. The molecule has 0 radical (unpaired) electrons. The van der Waals surface area contributed by atoms with E-state index in [0.29, 0.717) is 11.3 Å². The molecule has 0 saturated heterocycles. The zero-order valence-corrected chi connectivity index (χ0v) is 13.4. The maximum Gasteiger partial charge on any atom is 0.322 e. The standard InChI is InChI=1S/C17H16F2N4O2/c1-10(16-13(19)3-2-6-20-16)21-15(24)9-23-8-11-7-12(18)4-5-14(11)22-17(23)25/h2-7,10H,8-9H2,1H3,(H,21,24)(H,22,25)/t10-/m1/s1. The van der Waals surface area contributed by atoms with Crippen molar-refractivity contribution in [1.29, 1.82) is 0 Å². The van der Waals surface area contributed by atoms with Crippen molar-refractivity contribution in [2.24, 2.45) is 0 Å². The Morgan fingerprint density at radius 1 is 1.40 bits per heavy atom. The molecule has 0 fully saturated rings. The highest BCUT2D eigenvalue weighted by Gasteiger charge is 2.25. The molecule has 1 aromatic carbocycles. The minimum Gasteiger partial charge on any atom is -0.346 e. The van der Waals surface area contributed by atoms with Crippen molar-refractivity contribution in [2.45, 2.75) is 19.5 Å². The molecule has 0 bridgehead atoms. The van der Waals surface area contributed by atoms with Crippen LogP contribution in [-0.2, 0) is 11.3 Å². The molecule has 3 amide bonds. The minimum atomic E-state index is -0.647. The summed E-state index contributed by atoms with van der Waals surface area (Å²) in [6.45, 7) is 1.48. The third-order valence-electron chi connectivity index (χ3n) is 3.87. The van der Waals surface area contributed by atoms with E-state index in [-0.39, 0.29) is 18.8 Å². The van der Waals surface area contributed by atoms with Crippen molar-refractivity contribution in [2.75, 3.05) is 11.9 Å². The van der Waals surface area contributed by atoms with Gasteiger partial charge in [0, 0.05) is 11.9 Å². The molecule has 0 unspecified atom stereocenters. The molecule has 2 N–H and O–H groups in total. The van der Waals surface area contributed by atoms with Gasteiger partial charge in [-0.25, -0.2) is 13.6 Å². The van der Waals surface area contributed by atoms with Gasteiger partial charge in [-0.15, -0.1) is 0 Å². The molecule has 130 valence electrons. The highest BCUT2D eigenvalue weighted by atomic mass is 19.1. The lowest BCUT2D eigenvalue weighted by Gasteiger charge is -2.29. The fourth-order valence-electron chi connectivity index (χ4n) is 2.66. The summed E-state index contributed by atoms with van der Waals surface area (Å²) >= 11 is 0. The zero-order chi connectivity index (χ0) is 18.0. The van der Waals surface area contributed by atoms with E-state index in [1.54, 1.807) is 6.92 Å². The molecule has 25 heavy (non-hydrogen) atoms. The first-order chi connectivity index (χ1) is 11.9. The van der Waals surface area contributed by atoms with Crippen molar-refractivity contribution in [1.82, 2.24) is 15.2 Å². The van der Waals surface area contributed by atoms with E-state index in [2.05, 4.69) is 15.6 Å². The first-order valence-electron chi connectivity index (χ1n) is 7.68. The number of urea groups is 1. The average molecular weight is 346 g/mol.